The first-order valence-electron chi connectivity index (χ1n) is 6.47. The quantitative estimate of drug-likeness (QED) is 0.814. The van der Waals surface area contributed by atoms with Crippen LogP contribution in [0, 0.1) is 4.64 Å². The molecule has 2 aromatic rings. The highest BCUT2D eigenvalue weighted by Crippen LogP contribution is 2.37. The molecule has 5 heteroatoms. The smallest absolute Gasteiger partial charge is 0.157 e. The normalized spacial score (nSPS) is 15.8. The van der Waals surface area contributed by atoms with Crippen LogP contribution in [-0.4, -0.2) is 15.0 Å². The van der Waals surface area contributed by atoms with Crippen LogP contribution in [0.4, 0.5) is 0 Å². The third kappa shape index (κ3) is 2.62. The molecule has 1 aliphatic rings. The minimum atomic E-state index is 0.557. The van der Waals surface area contributed by atoms with Gasteiger partial charge in [0.1, 0.15) is 10.3 Å². The van der Waals surface area contributed by atoms with Crippen LogP contribution in [-0.2, 0) is 0 Å². The monoisotopic (exact) mass is 335 g/mol. The van der Waals surface area contributed by atoms with Crippen LogP contribution in [0.15, 0.2) is 28.9 Å². The van der Waals surface area contributed by atoms with E-state index in [0.717, 1.165) is 16.0 Å². The predicted molar refractivity (Wildman–Crippen MR) is 81.6 cm³/mol. The van der Waals surface area contributed by atoms with E-state index in [1.165, 1.54) is 31.4 Å². The fraction of sp³-hybridized carbons (Fsp3) is 0.357. The zero-order valence-corrected chi connectivity index (χ0v) is 12.8. The van der Waals surface area contributed by atoms with Gasteiger partial charge in [-0.15, -0.1) is 0 Å². The molecule has 1 saturated carbocycles. The van der Waals surface area contributed by atoms with E-state index >= 15 is 0 Å². The third-order valence-corrected chi connectivity index (χ3v) is 4.92. The lowest BCUT2D eigenvalue weighted by molar-refractivity contribution is 0.689. The van der Waals surface area contributed by atoms with Gasteiger partial charge >= 0.3 is 0 Å². The number of nitrogens with one attached hydrogen (secondary N) is 1. The van der Waals surface area contributed by atoms with Gasteiger partial charge in [-0.05, 0) is 40.9 Å². The van der Waals surface area contributed by atoms with Gasteiger partial charge in [0, 0.05) is 17.8 Å². The molecule has 0 spiro atoms. The molecular formula is C14H14BrN3S. The van der Waals surface area contributed by atoms with Gasteiger partial charge in [-0.2, -0.15) is 0 Å². The average Bonchev–Trinajstić information content (AvgIpc) is 2.96. The Morgan fingerprint density at radius 2 is 2.05 bits per heavy atom. The molecule has 0 radical (unpaired) electrons. The van der Waals surface area contributed by atoms with E-state index in [-0.39, 0.29) is 0 Å². The summed E-state index contributed by atoms with van der Waals surface area (Å²) >= 11 is 8.94. The molecule has 2 heterocycles. The summed E-state index contributed by atoms with van der Waals surface area (Å²) in [5.74, 6) is 1.32. The fourth-order valence-corrected chi connectivity index (χ4v) is 3.31. The Hall–Kier alpha value is -1.07. The number of hydrogen-bond acceptors (Lipinski definition) is 3. The van der Waals surface area contributed by atoms with Gasteiger partial charge in [0.25, 0.3) is 0 Å². The topological polar surface area (TPSA) is 41.6 Å². The lowest BCUT2D eigenvalue weighted by Gasteiger charge is -2.13. The Bertz CT molecular complexity index is 633. The van der Waals surface area contributed by atoms with Crippen molar-refractivity contribution >= 4 is 28.1 Å². The Kier molecular flexibility index (Phi) is 3.75. The van der Waals surface area contributed by atoms with Gasteiger partial charge in [-0.1, -0.05) is 31.1 Å². The minimum absolute atomic E-state index is 0.557. The molecule has 19 heavy (non-hydrogen) atoms. The van der Waals surface area contributed by atoms with Gasteiger partial charge in [0.2, 0.25) is 0 Å². The Labute approximate surface area is 125 Å². The summed E-state index contributed by atoms with van der Waals surface area (Å²) in [5.41, 5.74) is 2.01. The molecule has 0 amide bonds. The molecule has 1 N–H and O–H groups in total. The summed E-state index contributed by atoms with van der Waals surface area (Å²) in [4.78, 5) is 12.2. The second-order valence-electron chi connectivity index (χ2n) is 4.81. The third-order valence-electron chi connectivity index (χ3n) is 3.56. The molecule has 0 unspecified atom stereocenters. The van der Waals surface area contributed by atoms with E-state index in [1.807, 2.05) is 18.2 Å². The zero-order valence-electron chi connectivity index (χ0n) is 10.4. The van der Waals surface area contributed by atoms with E-state index < -0.39 is 0 Å². The average molecular weight is 336 g/mol. The highest BCUT2D eigenvalue weighted by atomic mass is 79.9. The van der Waals surface area contributed by atoms with E-state index in [4.69, 9.17) is 12.2 Å². The summed E-state index contributed by atoms with van der Waals surface area (Å²) in [6, 6.07) is 5.80. The molecule has 2 aromatic heterocycles. The van der Waals surface area contributed by atoms with Gasteiger partial charge in [0.05, 0.1) is 4.47 Å². The van der Waals surface area contributed by atoms with Crippen molar-refractivity contribution in [2.75, 3.05) is 0 Å². The van der Waals surface area contributed by atoms with Crippen LogP contribution in [0.1, 0.15) is 37.3 Å². The maximum absolute atomic E-state index is 5.36. The summed E-state index contributed by atoms with van der Waals surface area (Å²) < 4.78 is 1.55. The van der Waals surface area contributed by atoms with Crippen LogP contribution < -0.4 is 0 Å². The predicted octanol–water partition coefficient (Wildman–Crippen LogP) is 4.62. The van der Waals surface area contributed by atoms with Crippen molar-refractivity contribution in [3.8, 4) is 11.5 Å². The molecule has 0 saturated heterocycles. The second-order valence-corrected chi connectivity index (χ2v) is 5.99. The highest BCUT2D eigenvalue weighted by Gasteiger charge is 2.21. The summed E-state index contributed by atoms with van der Waals surface area (Å²) in [7, 11) is 0. The minimum Gasteiger partial charge on any atom is -0.341 e. The number of H-pyrrole nitrogens is 1. The Morgan fingerprint density at radius 1 is 1.26 bits per heavy atom. The van der Waals surface area contributed by atoms with Crippen LogP contribution in [0.5, 0.6) is 0 Å². The molecular weight excluding hydrogens is 322 g/mol. The molecule has 1 fully saturated rings. The largest absolute Gasteiger partial charge is 0.341 e. The maximum atomic E-state index is 5.36. The van der Waals surface area contributed by atoms with Gasteiger partial charge < -0.3 is 4.98 Å². The van der Waals surface area contributed by atoms with E-state index in [9.17, 15) is 0 Å². The number of aromatic nitrogens is 3. The van der Waals surface area contributed by atoms with Crippen LogP contribution in [0.2, 0.25) is 0 Å². The Balaban J connectivity index is 2.10. The van der Waals surface area contributed by atoms with E-state index in [2.05, 4.69) is 30.9 Å². The second kappa shape index (κ2) is 5.51. The molecule has 3 nitrogen and oxygen atoms in total. The van der Waals surface area contributed by atoms with Crippen molar-refractivity contribution in [2.24, 2.45) is 0 Å². The number of pyridine rings is 1. The lowest BCUT2D eigenvalue weighted by atomic mass is 10.0. The van der Waals surface area contributed by atoms with E-state index in [0.29, 0.717) is 10.6 Å². The van der Waals surface area contributed by atoms with Gasteiger partial charge in [0.15, 0.2) is 5.82 Å². The van der Waals surface area contributed by atoms with Crippen LogP contribution in [0.3, 0.4) is 0 Å². The maximum Gasteiger partial charge on any atom is 0.157 e. The van der Waals surface area contributed by atoms with Gasteiger partial charge in [-0.3, -0.25) is 4.98 Å². The molecule has 1 aliphatic carbocycles. The number of aromatic amines is 1. The summed E-state index contributed by atoms with van der Waals surface area (Å²) in [5, 5.41) is 0. The fourth-order valence-electron chi connectivity index (χ4n) is 2.60. The number of halogens is 1. The zero-order chi connectivity index (χ0) is 13.2. The van der Waals surface area contributed by atoms with Crippen molar-refractivity contribution in [3.63, 3.8) is 0 Å². The summed E-state index contributed by atoms with van der Waals surface area (Å²) in [6.07, 6.45) is 6.79. The first-order chi connectivity index (χ1) is 9.25. The van der Waals surface area contributed by atoms with E-state index in [1.54, 1.807) is 6.20 Å². The highest BCUT2D eigenvalue weighted by molar-refractivity contribution is 9.10. The number of rotatable bonds is 2. The van der Waals surface area contributed by atoms with Crippen molar-refractivity contribution in [1.29, 1.82) is 0 Å². The lowest BCUT2D eigenvalue weighted by Crippen LogP contribution is -2.03. The van der Waals surface area contributed by atoms with Crippen LogP contribution in [0.25, 0.3) is 11.5 Å². The Morgan fingerprint density at radius 3 is 2.74 bits per heavy atom. The van der Waals surface area contributed by atoms with Crippen molar-refractivity contribution in [2.45, 2.75) is 31.6 Å². The van der Waals surface area contributed by atoms with Crippen LogP contribution >= 0.6 is 28.1 Å². The molecule has 0 aliphatic heterocycles. The standard InChI is InChI=1S/C14H14BrN3S/c15-11-12(9-5-1-2-6-9)17-13(18-14(11)19)10-7-3-4-8-16-10/h3-4,7-9H,1-2,5-6H2,(H,17,18,19). The molecule has 0 atom stereocenters. The SMILES string of the molecule is S=c1nc(-c2ccccn2)[nH]c(C2CCCC2)c1Br. The van der Waals surface area contributed by atoms with Crippen molar-refractivity contribution < 1.29 is 0 Å². The molecule has 0 aromatic carbocycles. The summed E-state index contributed by atoms with van der Waals surface area (Å²) in [6.45, 7) is 0. The van der Waals surface area contributed by atoms with Crippen molar-refractivity contribution in [1.82, 2.24) is 15.0 Å². The van der Waals surface area contributed by atoms with Gasteiger partial charge in [-0.25, -0.2) is 4.98 Å². The molecule has 98 valence electrons. The van der Waals surface area contributed by atoms with Crippen molar-refractivity contribution in [3.05, 3.63) is 39.2 Å². The number of hydrogen-bond donors (Lipinski definition) is 1. The molecule has 0 bridgehead atoms. The first-order valence-corrected chi connectivity index (χ1v) is 7.67. The first kappa shape index (κ1) is 12.9. The number of nitrogens with zero attached hydrogens (tertiary/aromatic N) is 2. The molecule has 3 rings (SSSR count).